The average Bonchev–Trinajstić information content (AvgIpc) is 2.29. The van der Waals surface area contributed by atoms with Crippen molar-refractivity contribution in [3.05, 3.63) is 34.4 Å². The van der Waals surface area contributed by atoms with E-state index in [1.54, 1.807) is 12.1 Å². The Kier molecular flexibility index (Phi) is 5.44. The lowest BCUT2D eigenvalue weighted by molar-refractivity contribution is -0.383. The van der Waals surface area contributed by atoms with Crippen LogP contribution in [0.3, 0.4) is 0 Å². The molecule has 0 fully saturated rings. The van der Waals surface area contributed by atoms with E-state index in [1.165, 1.54) is 23.9 Å². The Hall–Kier alpha value is -1.60. The van der Waals surface area contributed by atoms with Gasteiger partial charge in [-0.1, -0.05) is 12.1 Å². The lowest BCUT2D eigenvalue weighted by atomic mass is 10.2. The van der Waals surface area contributed by atoms with Gasteiger partial charge in [0, 0.05) is 18.4 Å². The monoisotopic (exact) mass is 255 g/mol. The predicted molar refractivity (Wildman–Crippen MR) is 68.1 cm³/mol. The van der Waals surface area contributed by atoms with Crippen molar-refractivity contribution in [3.8, 4) is 0 Å². The van der Waals surface area contributed by atoms with Gasteiger partial charge in [0.15, 0.2) is 0 Å². The minimum atomic E-state index is -0.525. The van der Waals surface area contributed by atoms with Crippen LogP contribution in [-0.2, 0) is 4.79 Å². The topological polar surface area (TPSA) is 98.3 Å². The fourth-order valence-corrected chi connectivity index (χ4v) is 1.74. The van der Waals surface area contributed by atoms with Crippen LogP contribution in [0.2, 0.25) is 0 Å². The Balaban J connectivity index is 2.61. The second-order valence-electron chi connectivity index (χ2n) is 3.16. The summed E-state index contributed by atoms with van der Waals surface area (Å²) in [4.78, 5) is 21.6. The van der Waals surface area contributed by atoms with E-state index in [-0.39, 0.29) is 23.0 Å². The Morgan fingerprint density at radius 3 is 2.82 bits per heavy atom. The second kappa shape index (κ2) is 6.87. The van der Waals surface area contributed by atoms with Crippen molar-refractivity contribution in [3.63, 3.8) is 0 Å². The van der Waals surface area contributed by atoms with Gasteiger partial charge in [0.25, 0.3) is 5.69 Å². The third kappa shape index (κ3) is 4.41. The molecule has 0 radical (unpaired) electrons. The molecule has 6 nitrogen and oxygen atoms in total. The summed E-state index contributed by atoms with van der Waals surface area (Å²) in [6.45, 7) is 0.503. The molecule has 1 amide bonds. The van der Waals surface area contributed by atoms with Crippen LogP contribution in [0.1, 0.15) is 0 Å². The summed E-state index contributed by atoms with van der Waals surface area (Å²) in [5.41, 5.74) is 5.40. The fraction of sp³-hybridized carbons (Fsp3) is 0.300. The first-order valence-electron chi connectivity index (χ1n) is 4.96. The summed E-state index contributed by atoms with van der Waals surface area (Å²) < 4.78 is 0. The first kappa shape index (κ1) is 13.5. The Morgan fingerprint density at radius 1 is 1.47 bits per heavy atom. The summed E-state index contributed by atoms with van der Waals surface area (Å²) in [6.07, 6.45) is 0. The molecule has 7 heteroatoms. The van der Waals surface area contributed by atoms with Gasteiger partial charge in [0.2, 0.25) is 5.91 Å². The molecular weight excluding hydrogens is 242 g/mol. The lowest BCUT2D eigenvalue weighted by Gasteiger charge is -2.05. The smallest absolute Gasteiger partial charge is 0.292 e. The highest BCUT2D eigenvalue weighted by Crippen LogP contribution is 2.23. The summed E-state index contributed by atoms with van der Waals surface area (Å²) >= 11 is 1.39. The molecule has 0 atom stereocenters. The van der Waals surface area contributed by atoms with Crippen LogP contribution in [0, 0.1) is 10.1 Å². The predicted octanol–water partition coefficient (Wildman–Crippen LogP) is 1.23. The van der Waals surface area contributed by atoms with Gasteiger partial charge in [0.1, 0.15) is 5.69 Å². The molecule has 17 heavy (non-hydrogen) atoms. The summed E-state index contributed by atoms with van der Waals surface area (Å²) in [7, 11) is 0. The van der Waals surface area contributed by atoms with Crippen molar-refractivity contribution in [1.82, 2.24) is 0 Å². The van der Waals surface area contributed by atoms with Gasteiger partial charge in [-0.3, -0.25) is 14.9 Å². The summed E-state index contributed by atoms with van der Waals surface area (Å²) in [6, 6.07) is 6.04. The molecule has 92 valence electrons. The number of nitro benzene ring substituents is 1. The van der Waals surface area contributed by atoms with E-state index in [0.717, 1.165) is 0 Å². The van der Waals surface area contributed by atoms with E-state index in [1.807, 2.05) is 0 Å². The molecule has 0 aliphatic rings. The molecule has 0 saturated carbocycles. The van der Waals surface area contributed by atoms with Crippen molar-refractivity contribution in [2.45, 2.75) is 0 Å². The molecular formula is C10H13N3O3S. The highest BCUT2D eigenvalue weighted by molar-refractivity contribution is 7.99. The van der Waals surface area contributed by atoms with Crippen LogP contribution in [0.5, 0.6) is 0 Å². The number of hydrogen-bond acceptors (Lipinski definition) is 5. The van der Waals surface area contributed by atoms with Crippen molar-refractivity contribution in [1.29, 1.82) is 0 Å². The molecule has 0 spiro atoms. The van der Waals surface area contributed by atoms with Crippen molar-refractivity contribution in [2.24, 2.45) is 5.73 Å². The molecule has 0 bridgehead atoms. The highest BCUT2D eigenvalue weighted by Gasteiger charge is 2.14. The number of carbonyl (C=O) groups excluding carboxylic acids is 1. The maximum atomic E-state index is 11.5. The maximum Gasteiger partial charge on any atom is 0.292 e. The minimum absolute atomic E-state index is 0.107. The van der Waals surface area contributed by atoms with Crippen LogP contribution in [0.15, 0.2) is 24.3 Å². The molecule has 1 rings (SSSR count). The Labute approximate surface area is 103 Å². The maximum absolute atomic E-state index is 11.5. The number of thioether (sulfide) groups is 1. The van der Waals surface area contributed by atoms with E-state index in [2.05, 4.69) is 5.32 Å². The number of nitrogens with two attached hydrogens (primary N) is 1. The van der Waals surface area contributed by atoms with Gasteiger partial charge in [-0.15, -0.1) is 0 Å². The van der Waals surface area contributed by atoms with E-state index in [9.17, 15) is 14.9 Å². The van der Waals surface area contributed by atoms with Crippen LogP contribution in [0.4, 0.5) is 11.4 Å². The van der Waals surface area contributed by atoms with Crippen molar-refractivity contribution in [2.75, 3.05) is 23.4 Å². The van der Waals surface area contributed by atoms with Crippen LogP contribution in [0.25, 0.3) is 0 Å². The zero-order chi connectivity index (χ0) is 12.7. The number of carbonyl (C=O) groups is 1. The number of hydrogen-bond donors (Lipinski definition) is 2. The molecule has 1 aromatic carbocycles. The first-order valence-corrected chi connectivity index (χ1v) is 6.11. The number of benzene rings is 1. The van der Waals surface area contributed by atoms with Gasteiger partial charge >= 0.3 is 0 Å². The molecule has 0 unspecified atom stereocenters. The molecule has 3 N–H and O–H groups in total. The average molecular weight is 255 g/mol. The summed E-state index contributed by atoms with van der Waals surface area (Å²) in [5.74, 6) is 0.658. The molecule has 0 aromatic heterocycles. The minimum Gasteiger partial charge on any atom is -0.330 e. The molecule has 1 aromatic rings. The zero-order valence-corrected chi connectivity index (χ0v) is 9.90. The molecule has 0 saturated heterocycles. The summed E-state index contributed by atoms with van der Waals surface area (Å²) in [5, 5.41) is 13.2. The number of para-hydroxylation sites is 2. The number of anilines is 1. The molecule has 0 heterocycles. The van der Waals surface area contributed by atoms with Gasteiger partial charge < -0.3 is 11.1 Å². The van der Waals surface area contributed by atoms with E-state index in [4.69, 9.17) is 5.73 Å². The largest absolute Gasteiger partial charge is 0.330 e. The number of amides is 1. The molecule has 0 aliphatic heterocycles. The standard InChI is InChI=1S/C10H13N3O3S/c11-5-6-17-7-10(14)12-8-3-1-2-4-9(8)13(15)16/h1-4H,5-7,11H2,(H,12,14). The third-order valence-corrected chi connectivity index (χ3v) is 2.86. The second-order valence-corrected chi connectivity index (χ2v) is 4.27. The van der Waals surface area contributed by atoms with Crippen molar-refractivity contribution >= 4 is 29.0 Å². The van der Waals surface area contributed by atoms with E-state index >= 15 is 0 Å². The lowest BCUT2D eigenvalue weighted by Crippen LogP contribution is -2.16. The number of nitrogens with zero attached hydrogens (tertiary/aromatic N) is 1. The Morgan fingerprint density at radius 2 is 2.18 bits per heavy atom. The fourth-order valence-electron chi connectivity index (χ4n) is 1.17. The van der Waals surface area contributed by atoms with Gasteiger partial charge in [-0.25, -0.2) is 0 Å². The third-order valence-electron chi connectivity index (χ3n) is 1.87. The van der Waals surface area contributed by atoms with Gasteiger partial charge in [0.05, 0.1) is 10.7 Å². The van der Waals surface area contributed by atoms with Crippen LogP contribution >= 0.6 is 11.8 Å². The Bertz CT molecular complexity index is 412. The van der Waals surface area contributed by atoms with E-state index in [0.29, 0.717) is 12.3 Å². The van der Waals surface area contributed by atoms with Crippen molar-refractivity contribution < 1.29 is 9.72 Å². The normalized spacial score (nSPS) is 9.94. The zero-order valence-electron chi connectivity index (χ0n) is 9.09. The van der Waals surface area contributed by atoms with E-state index < -0.39 is 4.92 Å². The van der Waals surface area contributed by atoms with Gasteiger partial charge in [-0.2, -0.15) is 11.8 Å². The molecule has 0 aliphatic carbocycles. The first-order chi connectivity index (χ1) is 8.15. The van der Waals surface area contributed by atoms with Crippen LogP contribution in [-0.4, -0.2) is 28.9 Å². The SMILES string of the molecule is NCCSCC(=O)Nc1ccccc1[N+](=O)[O-]. The number of rotatable bonds is 6. The van der Waals surface area contributed by atoms with Crippen LogP contribution < -0.4 is 11.1 Å². The quantitative estimate of drug-likeness (QED) is 0.452. The van der Waals surface area contributed by atoms with Gasteiger partial charge in [-0.05, 0) is 6.07 Å². The number of nitro groups is 1. The highest BCUT2D eigenvalue weighted by atomic mass is 32.2. The number of nitrogens with one attached hydrogen (secondary N) is 1.